The van der Waals surface area contributed by atoms with Crippen molar-refractivity contribution in [1.29, 1.82) is 5.26 Å². The lowest BCUT2D eigenvalue weighted by molar-refractivity contribution is 0.626. The first-order chi connectivity index (χ1) is 10.1. The Morgan fingerprint density at radius 3 is 2.76 bits per heavy atom. The number of fused-ring (bicyclic) bond motifs is 1. The first-order valence-corrected chi connectivity index (χ1v) is 7.68. The van der Waals surface area contributed by atoms with Crippen LogP contribution in [0, 0.1) is 20.7 Å². The highest BCUT2D eigenvalue weighted by Crippen LogP contribution is 2.27. The zero-order valence-corrected chi connectivity index (χ0v) is 13.6. The average Bonchev–Trinajstić information content (AvgIpc) is 2.84. The van der Waals surface area contributed by atoms with Crippen molar-refractivity contribution >= 4 is 45.2 Å². The lowest BCUT2D eigenvalue weighted by atomic mass is 10.2. The number of benzene rings is 2. The van der Waals surface area contributed by atoms with Crippen molar-refractivity contribution in [2.45, 2.75) is 5.88 Å². The van der Waals surface area contributed by atoms with Crippen molar-refractivity contribution in [2.24, 2.45) is 0 Å². The normalized spacial score (nSPS) is 10.8. The summed E-state index contributed by atoms with van der Waals surface area (Å²) in [7, 11) is 0. The van der Waals surface area contributed by atoms with E-state index in [4.69, 9.17) is 16.9 Å². The molecule has 1 aromatic heterocycles. The number of nitriles is 1. The molecule has 3 rings (SSSR count). The molecule has 0 amide bonds. The van der Waals surface area contributed by atoms with Crippen LogP contribution in [0.15, 0.2) is 36.4 Å². The van der Waals surface area contributed by atoms with Crippen LogP contribution >= 0.6 is 34.2 Å². The van der Waals surface area contributed by atoms with E-state index in [0.29, 0.717) is 11.4 Å². The molecular formula is C15H8ClFIN3. The lowest BCUT2D eigenvalue weighted by Crippen LogP contribution is -2.02. The molecule has 0 atom stereocenters. The van der Waals surface area contributed by atoms with E-state index in [1.807, 2.05) is 4.57 Å². The van der Waals surface area contributed by atoms with Gasteiger partial charge in [-0.1, -0.05) is 0 Å². The van der Waals surface area contributed by atoms with Crippen molar-refractivity contribution in [3.8, 4) is 11.8 Å². The van der Waals surface area contributed by atoms with Crippen molar-refractivity contribution in [3.63, 3.8) is 0 Å². The summed E-state index contributed by atoms with van der Waals surface area (Å²) in [5, 5.41) is 9.06. The van der Waals surface area contributed by atoms with Crippen LogP contribution in [0.25, 0.3) is 16.7 Å². The van der Waals surface area contributed by atoms with Crippen LogP contribution in [0.2, 0.25) is 0 Å². The molecule has 6 heteroatoms. The van der Waals surface area contributed by atoms with Crippen LogP contribution in [0.3, 0.4) is 0 Å². The molecule has 21 heavy (non-hydrogen) atoms. The lowest BCUT2D eigenvalue weighted by Gasteiger charge is -2.10. The molecule has 0 unspecified atom stereocenters. The van der Waals surface area contributed by atoms with Gasteiger partial charge in [0, 0.05) is 3.57 Å². The molecule has 0 aliphatic rings. The van der Waals surface area contributed by atoms with Crippen molar-refractivity contribution in [1.82, 2.24) is 9.55 Å². The summed E-state index contributed by atoms with van der Waals surface area (Å²) in [5.74, 6) is 0.591. The molecule has 0 spiro atoms. The quantitative estimate of drug-likeness (QED) is 0.464. The Balaban J connectivity index is 2.36. The fourth-order valence-corrected chi connectivity index (χ4v) is 3.11. The molecule has 104 valence electrons. The number of hydrogen-bond acceptors (Lipinski definition) is 2. The number of aromatic nitrogens is 2. The zero-order chi connectivity index (χ0) is 15.0. The van der Waals surface area contributed by atoms with E-state index in [-0.39, 0.29) is 11.7 Å². The van der Waals surface area contributed by atoms with Gasteiger partial charge >= 0.3 is 0 Å². The second-order valence-corrected chi connectivity index (χ2v) is 5.84. The van der Waals surface area contributed by atoms with Crippen molar-refractivity contribution in [2.75, 3.05) is 0 Å². The molecule has 0 saturated heterocycles. The van der Waals surface area contributed by atoms with Gasteiger partial charge in [-0.05, 0) is 59.0 Å². The molecule has 0 aliphatic heterocycles. The minimum atomic E-state index is -0.294. The summed E-state index contributed by atoms with van der Waals surface area (Å²) >= 11 is 8.06. The van der Waals surface area contributed by atoms with Gasteiger partial charge in [0.15, 0.2) is 0 Å². The topological polar surface area (TPSA) is 41.6 Å². The fourth-order valence-electron chi connectivity index (χ4n) is 2.22. The Morgan fingerprint density at radius 2 is 2.10 bits per heavy atom. The van der Waals surface area contributed by atoms with Gasteiger partial charge in [-0.2, -0.15) is 5.26 Å². The highest BCUT2D eigenvalue weighted by Gasteiger charge is 2.14. The van der Waals surface area contributed by atoms with Crippen molar-refractivity contribution < 1.29 is 4.39 Å². The van der Waals surface area contributed by atoms with Gasteiger partial charge in [-0.15, -0.1) is 11.6 Å². The van der Waals surface area contributed by atoms with Crippen LogP contribution in [0.5, 0.6) is 0 Å². The van der Waals surface area contributed by atoms with Gasteiger partial charge in [-0.25, -0.2) is 9.37 Å². The Kier molecular flexibility index (Phi) is 3.83. The number of hydrogen-bond donors (Lipinski definition) is 0. The van der Waals surface area contributed by atoms with Crippen LogP contribution in [-0.4, -0.2) is 9.55 Å². The number of rotatable bonds is 2. The van der Waals surface area contributed by atoms with Gasteiger partial charge in [0.1, 0.15) is 11.6 Å². The van der Waals surface area contributed by atoms with Crippen LogP contribution < -0.4 is 0 Å². The van der Waals surface area contributed by atoms with Gasteiger partial charge in [0.2, 0.25) is 0 Å². The molecule has 0 radical (unpaired) electrons. The maximum atomic E-state index is 13.3. The second-order valence-electron chi connectivity index (χ2n) is 4.41. The molecule has 0 N–H and O–H groups in total. The molecule has 1 heterocycles. The number of imidazole rings is 1. The summed E-state index contributed by atoms with van der Waals surface area (Å²) in [6.07, 6.45) is 0. The van der Waals surface area contributed by atoms with Crippen LogP contribution in [0.1, 0.15) is 11.4 Å². The average molecular weight is 412 g/mol. The molecule has 3 nitrogen and oxygen atoms in total. The third-order valence-electron chi connectivity index (χ3n) is 3.12. The summed E-state index contributed by atoms with van der Waals surface area (Å²) < 4.78 is 15.9. The SMILES string of the molecule is N#Cc1ccc2nc(CCl)n(-c3ccc(F)cc3I)c2c1. The maximum absolute atomic E-state index is 13.3. The number of nitrogens with zero attached hydrogens (tertiary/aromatic N) is 3. The van der Waals surface area contributed by atoms with Gasteiger partial charge in [-0.3, -0.25) is 4.57 Å². The third-order valence-corrected chi connectivity index (χ3v) is 4.23. The molecule has 0 bridgehead atoms. The predicted octanol–water partition coefficient (Wildman–Crippen LogP) is 4.38. The third kappa shape index (κ3) is 2.49. The minimum Gasteiger partial charge on any atom is -0.294 e. The molecule has 2 aromatic carbocycles. The number of alkyl halides is 1. The van der Waals surface area contributed by atoms with Crippen molar-refractivity contribution in [3.05, 3.63) is 57.2 Å². The highest BCUT2D eigenvalue weighted by atomic mass is 127. The molecule has 0 fully saturated rings. The van der Waals surface area contributed by atoms with Gasteiger partial charge in [0.25, 0.3) is 0 Å². The molecular weight excluding hydrogens is 404 g/mol. The Labute approximate surface area is 139 Å². The van der Waals surface area contributed by atoms with E-state index in [1.165, 1.54) is 12.1 Å². The highest BCUT2D eigenvalue weighted by molar-refractivity contribution is 14.1. The summed E-state index contributed by atoms with van der Waals surface area (Å²) in [6.45, 7) is 0. The van der Waals surface area contributed by atoms with Gasteiger partial charge in [0.05, 0.1) is 34.2 Å². The van der Waals surface area contributed by atoms with E-state index < -0.39 is 0 Å². The maximum Gasteiger partial charge on any atom is 0.129 e. The van der Waals surface area contributed by atoms with E-state index >= 15 is 0 Å². The first-order valence-electron chi connectivity index (χ1n) is 6.07. The van der Waals surface area contributed by atoms with Crippen LogP contribution in [-0.2, 0) is 5.88 Å². The van der Waals surface area contributed by atoms with E-state index in [0.717, 1.165) is 20.3 Å². The summed E-state index contributed by atoms with van der Waals surface area (Å²) in [4.78, 5) is 4.47. The predicted molar refractivity (Wildman–Crippen MR) is 88.0 cm³/mol. The van der Waals surface area contributed by atoms with E-state index in [1.54, 1.807) is 24.3 Å². The summed E-state index contributed by atoms with van der Waals surface area (Å²) in [6, 6.07) is 11.9. The largest absolute Gasteiger partial charge is 0.294 e. The van der Waals surface area contributed by atoms with Crippen LogP contribution in [0.4, 0.5) is 4.39 Å². The second kappa shape index (κ2) is 5.62. The number of halogens is 3. The Hall–Kier alpha value is -1.65. The summed E-state index contributed by atoms with van der Waals surface area (Å²) in [5.41, 5.74) is 2.88. The fraction of sp³-hybridized carbons (Fsp3) is 0.0667. The zero-order valence-electron chi connectivity index (χ0n) is 10.6. The monoisotopic (exact) mass is 411 g/mol. The van der Waals surface area contributed by atoms with E-state index in [2.05, 4.69) is 33.6 Å². The van der Waals surface area contributed by atoms with E-state index in [9.17, 15) is 4.39 Å². The molecule has 0 saturated carbocycles. The first kappa shape index (κ1) is 14.3. The Morgan fingerprint density at radius 1 is 1.29 bits per heavy atom. The molecule has 0 aliphatic carbocycles. The van der Waals surface area contributed by atoms with Gasteiger partial charge < -0.3 is 0 Å². The Bertz CT molecular complexity index is 882. The standard InChI is InChI=1S/C15H8ClFIN3/c16-7-15-20-12-3-1-9(8-19)5-14(12)21(15)13-4-2-10(17)6-11(13)18/h1-6H,7H2. The smallest absolute Gasteiger partial charge is 0.129 e. The molecule has 3 aromatic rings. The minimum absolute atomic E-state index is 0.226.